The molecule has 2 aromatic carbocycles. The summed E-state index contributed by atoms with van der Waals surface area (Å²) in [5, 5.41) is 22.8. The van der Waals surface area contributed by atoms with Crippen molar-refractivity contribution in [3.05, 3.63) is 53.1 Å². The van der Waals surface area contributed by atoms with E-state index in [1.807, 2.05) is 24.3 Å². The molecule has 0 spiro atoms. The van der Waals surface area contributed by atoms with Crippen molar-refractivity contribution in [1.29, 1.82) is 5.26 Å². The third-order valence-electron chi connectivity index (χ3n) is 5.31. The first kappa shape index (κ1) is 21.5. The fourth-order valence-electron chi connectivity index (χ4n) is 3.84. The van der Waals surface area contributed by atoms with Crippen LogP contribution in [0.1, 0.15) is 29.0 Å². The monoisotopic (exact) mass is 453 g/mol. The van der Waals surface area contributed by atoms with Gasteiger partial charge < -0.3 is 15.4 Å². The normalized spacial score (nSPS) is 15.3. The first-order valence-electron chi connectivity index (χ1n) is 9.72. The van der Waals surface area contributed by atoms with E-state index in [-0.39, 0.29) is 29.7 Å². The second-order valence-electron chi connectivity index (χ2n) is 7.45. The van der Waals surface area contributed by atoms with Gasteiger partial charge in [0.25, 0.3) is 5.89 Å². The maximum Gasteiger partial charge on any atom is 0.258 e. The van der Waals surface area contributed by atoms with Gasteiger partial charge >= 0.3 is 0 Å². The van der Waals surface area contributed by atoms with Crippen LogP contribution in [0.5, 0.6) is 5.75 Å². The highest BCUT2D eigenvalue weighted by atomic mass is 32.2. The summed E-state index contributed by atoms with van der Waals surface area (Å²) in [5.74, 6) is -1.26. The summed E-state index contributed by atoms with van der Waals surface area (Å²) < 4.78 is 31.7. The van der Waals surface area contributed by atoms with Crippen molar-refractivity contribution in [3.8, 4) is 34.7 Å². The number of carbonyl (C=O) groups is 1. The highest BCUT2D eigenvalue weighted by Gasteiger charge is 2.28. The number of amides is 1. The molecule has 164 valence electrons. The van der Waals surface area contributed by atoms with Gasteiger partial charge in [-0.05, 0) is 48.1 Å². The van der Waals surface area contributed by atoms with Crippen molar-refractivity contribution in [2.45, 2.75) is 18.8 Å². The van der Waals surface area contributed by atoms with Gasteiger partial charge in [-0.1, -0.05) is 23.4 Å². The molecule has 1 heterocycles. The lowest BCUT2D eigenvalue weighted by molar-refractivity contribution is -0.115. The van der Waals surface area contributed by atoms with Crippen LogP contribution in [-0.2, 0) is 21.2 Å². The van der Waals surface area contributed by atoms with Gasteiger partial charge in [-0.3, -0.25) is 4.79 Å². The molecule has 10 nitrogen and oxygen atoms in total. The molecule has 1 amide bonds. The summed E-state index contributed by atoms with van der Waals surface area (Å²) in [5.41, 5.74) is 8.35. The van der Waals surface area contributed by atoms with E-state index in [0.29, 0.717) is 17.8 Å². The van der Waals surface area contributed by atoms with E-state index in [1.54, 1.807) is 6.07 Å². The van der Waals surface area contributed by atoms with Gasteiger partial charge in [0.05, 0.1) is 5.56 Å². The van der Waals surface area contributed by atoms with Crippen molar-refractivity contribution < 1.29 is 22.8 Å². The number of phenols is 1. The van der Waals surface area contributed by atoms with Crippen LogP contribution < -0.4 is 10.5 Å². The Morgan fingerprint density at radius 3 is 2.91 bits per heavy atom. The van der Waals surface area contributed by atoms with Gasteiger partial charge in [-0.2, -0.15) is 10.2 Å². The van der Waals surface area contributed by atoms with Crippen LogP contribution in [0.15, 0.2) is 40.9 Å². The minimum atomic E-state index is -3.77. The lowest BCUT2D eigenvalue weighted by Gasteiger charge is -2.13. The van der Waals surface area contributed by atoms with Gasteiger partial charge in [-0.25, -0.2) is 13.1 Å². The molecule has 1 aliphatic carbocycles. The van der Waals surface area contributed by atoms with Crippen LogP contribution in [0.3, 0.4) is 0 Å². The molecule has 0 saturated carbocycles. The Morgan fingerprint density at radius 1 is 1.34 bits per heavy atom. The van der Waals surface area contributed by atoms with Crippen LogP contribution in [0.2, 0.25) is 0 Å². The summed E-state index contributed by atoms with van der Waals surface area (Å²) >= 11 is 0. The molecule has 4 rings (SSSR count). The summed E-state index contributed by atoms with van der Waals surface area (Å²) in [6, 6.07) is 12.0. The lowest BCUT2D eigenvalue weighted by atomic mass is 9.98. The van der Waals surface area contributed by atoms with Gasteiger partial charge in [0.1, 0.15) is 17.6 Å². The topological polar surface area (TPSA) is 172 Å². The molecular weight excluding hydrogens is 434 g/mol. The molecule has 1 aromatic heterocycles. The van der Waals surface area contributed by atoms with Crippen LogP contribution in [0.25, 0.3) is 22.8 Å². The van der Waals surface area contributed by atoms with Gasteiger partial charge in [0, 0.05) is 17.7 Å². The number of nitrogens with zero attached hydrogens (tertiary/aromatic N) is 3. The quantitative estimate of drug-likeness (QED) is 0.482. The number of carbonyl (C=O) groups excluding carboxylic acids is 1. The number of phenolic OH excluding ortho intramolecular Hbond substituents is 1. The summed E-state index contributed by atoms with van der Waals surface area (Å²) in [6.07, 6.45) is 1.43. The third kappa shape index (κ3) is 4.32. The van der Waals surface area contributed by atoms with Crippen molar-refractivity contribution in [2.24, 2.45) is 5.73 Å². The molecular formula is C21H19N5O5S. The minimum absolute atomic E-state index is 0.0609. The van der Waals surface area contributed by atoms with Crippen molar-refractivity contribution in [3.63, 3.8) is 0 Å². The highest BCUT2D eigenvalue weighted by molar-refractivity contribution is 7.90. The molecule has 1 unspecified atom stereocenters. The van der Waals surface area contributed by atoms with Crippen molar-refractivity contribution in [2.75, 3.05) is 12.3 Å². The molecule has 0 aliphatic heterocycles. The van der Waals surface area contributed by atoms with Crippen molar-refractivity contribution >= 4 is 15.9 Å². The number of nitrogens with two attached hydrogens (primary N) is 1. The molecule has 1 atom stereocenters. The van der Waals surface area contributed by atoms with E-state index in [0.717, 1.165) is 23.1 Å². The van der Waals surface area contributed by atoms with E-state index in [2.05, 4.69) is 14.9 Å². The molecule has 4 N–H and O–H groups in total. The Hall–Kier alpha value is -3.75. The number of sulfonamides is 1. The zero-order chi connectivity index (χ0) is 22.9. The first-order valence-corrected chi connectivity index (χ1v) is 11.4. The number of nitrogens with one attached hydrogen (secondary N) is 1. The molecule has 3 aromatic rings. The Labute approximate surface area is 183 Å². The smallest absolute Gasteiger partial charge is 0.258 e. The van der Waals surface area contributed by atoms with Crippen LogP contribution in [-0.4, -0.2) is 41.9 Å². The number of fused-ring (bicyclic) bond motifs is 1. The number of rotatable bonds is 7. The van der Waals surface area contributed by atoms with Crippen LogP contribution in [0.4, 0.5) is 0 Å². The third-order valence-corrected chi connectivity index (χ3v) is 6.58. The Bertz CT molecular complexity index is 1340. The first-order chi connectivity index (χ1) is 15.3. The molecule has 0 saturated heterocycles. The highest BCUT2D eigenvalue weighted by Crippen LogP contribution is 2.38. The standard InChI is InChI=1S/C21H19N5O5S/c22-9-14-8-12(5-7-18(14)27)21-25-20(26-31-21)17-3-1-2-15-13(4-6-16(15)17)10-24-32(29,30)11-19(23)28/h1-3,5,7-8,13,24,27H,4,6,10-11H2,(H2,23,28). The maximum absolute atomic E-state index is 11.9. The van der Waals surface area contributed by atoms with Crippen LogP contribution >= 0.6 is 0 Å². The van der Waals surface area contributed by atoms with E-state index in [9.17, 15) is 18.3 Å². The molecule has 11 heteroatoms. The van der Waals surface area contributed by atoms with E-state index >= 15 is 0 Å². The molecule has 0 radical (unpaired) electrons. The Morgan fingerprint density at radius 2 is 2.16 bits per heavy atom. The van der Waals surface area contributed by atoms with E-state index in [4.69, 9.17) is 15.5 Å². The number of benzene rings is 2. The van der Waals surface area contributed by atoms with Gasteiger partial charge in [-0.15, -0.1) is 0 Å². The zero-order valence-corrected chi connectivity index (χ0v) is 17.6. The average Bonchev–Trinajstić information content (AvgIpc) is 3.39. The predicted molar refractivity (Wildman–Crippen MR) is 114 cm³/mol. The second-order valence-corrected chi connectivity index (χ2v) is 9.26. The van der Waals surface area contributed by atoms with Crippen molar-refractivity contribution in [1.82, 2.24) is 14.9 Å². The Balaban J connectivity index is 1.58. The minimum Gasteiger partial charge on any atom is -0.507 e. The van der Waals surface area contributed by atoms with E-state index < -0.39 is 21.7 Å². The zero-order valence-electron chi connectivity index (χ0n) is 16.8. The average molecular weight is 453 g/mol. The Kier molecular flexibility index (Phi) is 5.65. The molecule has 0 fully saturated rings. The maximum atomic E-state index is 11.9. The van der Waals surface area contributed by atoms with Crippen LogP contribution in [0, 0.1) is 11.3 Å². The van der Waals surface area contributed by atoms with Gasteiger partial charge in [0.15, 0.2) is 0 Å². The second kappa shape index (κ2) is 8.41. The SMILES string of the molecule is N#Cc1cc(-c2nc(-c3cccc4c3CCC4CNS(=O)(=O)CC(N)=O)no2)ccc1O. The lowest BCUT2D eigenvalue weighted by Crippen LogP contribution is -2.35. The number of aromatic hydroxyl groups is 1. The summed E-state index contributed by atoms with van der Waals surface area (Å²) in [4.78, 5) is 15.4. The summed E-state index contributed by atoms with van der Waals surface area (Å²) in [7, 11) is -3.77. The largest absolute Gasteiger partial charge is 0.507 e. The fourth-order valence-corrected chi connectivity index (χ4v) is 4.77. The summed E-state index contributed by atoms with van der Waals surface area (Å²) in [6.45, 7) is 0.161. The number of nitriles is 1. The fraction of sp³-hybridized carbons (Fsp3) is 0.238. The molecule has 0 bridgehead atoms. The molecule has 1 aliphatic rings. The number of aromatic nitrogens is 2. The van der Waals surface area contributed by atoms with Gasteiger partial charge in [0.2, 0.25) is 21.8 Å². The number of hydrogen-bond donors (Lipinski definition) is 3. The molecule has 32 heavy (non-hydrogen) atoms. The number of primary amides is 1. The predicted octanol–water partition coefficient (Wildman–Crippen LogP) is 1.42. The number of hydrogen-bond acceptors (Lipinski definition) is 8. The van der Waals surface area contributed by atoms with E-state index in [1.165, 1.54) is 12.1 Å².